The van der Waals surface area contributed by atoms with Gasteiger partial charge in [-0.15, -0.1) is 0 Å². The standard InChI is InChI=1S/C12H20N4O/c1-4-16(5-2)12(17)10(3)15-9-11-8-13-6-7-14-11/h6-8,10,15H,4-5,9H2,1-3H3. The van der Waals surface area contributed by atoms with Crippen LogP contribution in [-0.4, -0.2) is 39.9 Å². The lowest BCUT2D eigenvalue weighted by Gasteiger charge is -2.23. The minimum Gasteiger partial charge on any atom is -0.342 e. The van der Waals surface area contributed by atoms with E-state index in [0.29, 0.717) is 6.54 Å². The predicted octanol–water partition coefficient (Wildman–Crippen LogP) is 0.823. The number of likely N-dealkylation sites (N-methyl/N-ethyl adjacent to an activating group) is 1. The molecule has 0 radical (unpaired) electrons. The van der Waals surface area contributed by atoms with Crippen molar-refractivity contribution in [2.75, 3.05) is 13.1 Å². The quantitative estimate of drug-likeness (QED) is 0.794. The second-order valence-corrected chi connectivity index (χ2v) is 3.81. The molecule has 0 aliphatic heterocycles. The predicted molar refractivity (Wildman–Crippen MR) is 66.3 cm³/mol. The van der Waals surface area contributed by atoms with Crippen molar-refractivity contribution in [3.63, 3.8) is 0 Å². The molecule has 5 nitrogen and oxygen atoms in total. The van der Waals surface area contributed by atoms with Gasteiger partial charge in [0.15, 0.2) is 0 Å². The smallest absolute Gasteiger partial charge is 0.239 e. The Morgan fingerprint density at radius 3 is 2.65 bits per heavy atom. The number of hydrogen-bond acceptors (Lipinski definition) is 4. The molecule has 1 unspecified atom stereocenters. The fraction of sp³-hybridized carbons (Fsp3) is 0.583. The Morgan fingerprint density at radius 2 is 2.12 bits per heavy atom. The lowest BCUT2D eigenvalue weighted by Crippen LogP contribution is -2.44. The maximum Gasteiger partial charge on any atom is 0.239 e. The second kappa shape index (κ2) is 6.96. The van der Waals surface area contributed by atoms with Gasteiger partial charge in [0, 0.05) is 38.2 Å². The lowest BCUT2D eigenvalue weighted by molar-refractivity contribution is -0.132. The SMILES string of the molecule is CCN(CC)C(=O)C(C)NCc1cnccn1. The summed E-state index contributed by atoms with van der Waals surface area (Å²) in [6.45, 7) is 7.88. The van der Waals surface area contributed by atoms with Crippen molar-refractivity contribution < 1.29 is 4.79 Å². The van der Waals surface area contributed by atoms with Gasteiger partial charge in [0.2, 0.25) is 5.91 Å². The van der Waals surface area contributed by atoms with Gasteiger partial charge in [0.25, 0.3) is 0 Å². The third kappa shape index (κ3) is 4.11. The van der Waals surface area contributed by atoms with E-state index in [1.165, 1.54) is 0 Å². The largest absolute Gasteiger partial charge is 0.342 e. The minimum atomic E-state index is -0.197. The zero-order chi connectivity index (χ0) is 12.7. The summed E-state index contributed by atoms with van der Waals surface area (Å²) >= 11 is 0. The average molecular weight is 236 g/mol. The molecular formula is C12H20N4O. The van der Waals surface area contributed by atoms with Gasteiger partial charge in [-0.2, -0.15) is 0 Å². The Bertz CT molecular complexity index is 338. The van der Waals surface area contributed by atoms with Gasteiger partial charge in [0.1, 0.15) is 0 Å². The van der Waals surface area contributed by atoms with Crippen LogP contribution in [0.25, 0.3) is 0 Å². The van der Waals surface area contributed by atoms with Crippen molar-refractivity contribution in [1.29, 1.82) is 0 Å². The summed E-state index contributed by atoms with van der Waals surface area (Å²) in [4.78, 5) is 21.9. The molecule has 5 heteroatoms. The van der Waals surface area contributed by atoms with Crippen LogP contribution in [0, 0.1) is 0 Å². The fourth-order valence-corrected chi connectivity index (χ4v) is 1.58. The number of carbonyl (C=O) groups excluding carboxylic acids is 1. The summed E-state index contributed by atoms with van der Waals surface area (Å²) in [7, 11) is 0. The normalized spacial score (nSPS) is 12.2. The topological polar surface area (TPSA) is 58.1 Å². The van der Waals surface area contributed by atoms with Gasteiger partial charge in [0.05, 0.1) is 11.7 Å². The number of aromatic nitrogens is 2. The van der Waals surface area contributed by atoms with Crippen LogP contribution in [0.15, 0.2) is 18.6 Å². The lowest BCUT2D eigenvalue weighted by atomic mass is 10.2. The number of carbonyl (C=O) groups is 1. The molecule has 0 saturated carbocycles. The average Bonchev–Trinajstić information content (AvgIpc) is 2.38. The Morgan fingerprint density at radius 1 is 1.41 bits per heavy atom. The molecular weight excluding hydrogens is 216 g/mol. The zero-order valence-corrected chi connectivity index (χ0v) is 10.7. The van der Waals surface area contributed by atoms with E-state index >= 15 is 0 Å². The van der Waals surface area contributed by atoms with E-state index < -0.39 is 0 Å². The van der Waals surface area contributed by atoms with Gasteiger partial charge < -0.3 is 10.2 Å². The first-order valence-electron chi connectivity index (χ1n) is 5.96. The van der Waals surface area contributed by atoms with Crippen LogP contribution < -0.4 is 5.32 Å². The molecule has 0 aromatic carbocycles. The summed E-state index contributed by atoms with van der Waals surface area (Å²) < 4.78 is 0. The van der Waals surface area contributed by atoms with E-state index in [1.54, 1.807) is 18.6 Å². The molecule has 1 rings (SSSR count). The molecule has 1 N–H and O–H groups in total. The summed E-state index contributed by atoms with van der Waals surface area (Å²) in [5.41, 5.74) is 0.840. The molecule has 1 aromatic rings. The Labute approximate surface area is 102 Å². The van der Waals surface area contributed by atoms with Gasteiger partial charge in [-0.25, -0.2) is 0 Å². The highest BCUT2D eigenvalue weighted by atomic mass is 16.2. The maximum atomic E-state index is 12.0. The van der Waals surface area contributed by atoms with Gasteiger partial charge >= 0.3 is 0 Å². The molecule has 0 saturated heterocycles. The first-order chi connectivity index (χ1) is 8.19. The third-order valence-electron chi connectivity index (χ3n) is 2.65. The van der Waals surface area contributed by atoms with E-state index in [4.69, 9.17) is 0 Å². The molecule has 0 fully saturated rings. The number of nitrogens with one attached hydrogen (secondary N) is 1. The molecule has 1 heterocycles. The molecule has 0 spiro atoms. The molecule has 0 aliphatic carbocycles. The first-order valence-corrected chi connectivity index (χ1v) is 5.96. The monoisotopic (exact) mass is 236 g/mol. The number of hydrogen-bond donors (Lipinski definition) is 1. The van der Waals surface area contributed by atoms with Crippen molar-refractivity contribution in [2.45, 2.75) is 33.4 Å². The van der Waals surface area contributed by atoms with Crippen molar-refractivity contribution in [1.82, 2.24) is 20.2 Å². The summed E-state index contributed by atoms with van der Waals surface area (Å²) in [6, 6.07) is -0.197. The highest BCUT2D eigenvalue weighted by Gasteiger charge is 2.17. The van der Waals surface area contributed by atoms with Crippen LogP contribution in [0.3, 0.4) is 0 Å². The van der Waals surface area contributed by atoms with Crippen LogP contribution >= 0.6 is 0 Å². The Hall–Kier alpha value is -1.49. The maximum absolute atomic E-state index is 12.0. The van der Waals surface area contributed by atoms with Crippen LogP contribution in [0.1, 0.15) is 26.5 Å². The molecule has 0 aliphatic rings. The van der Waals surface area contributed by atoms with Crippen molar-refractivity contribution in [3.8, 4) is 0 Å². The molecule has 1 aromatic heterocycles. The first kappa shape index (κ1) is 13.6. The van der Waals surface area contributed by atoms with Crippen LogP contribution in [0.2, 0.25) is 0 Å². The van der Waals surface area contributed by atoms with Gasteiger partial charge in [-0.3, -0.25) is 14.8 Å². The highest BCUT2D eigenvalue weighted by Crippen LogP contribution is 1.97. The molecule has 17 heavy (non-hydrogen) atoms. The van der Waals surface area contributed by atoms with Crippen LogP contribution in [-0.2, 0) is 11.3 Å². The van der Waals surface area contributed by atoms with E-state index in [9.17, 15) is 4.79 Å². The van der Waals surface area contributed by atoms with Crippen molar-refractivity contribution >= 4 is 5.91 Å². The summed E-state index contributed by atoms with van der Waals surface area (Å²) in [5, 5.41) is 3.15. The number of rotatable bonds is 6. The number of amides is 1. The Kier molecular flexibility index (Phi) is 5.56. The van der Waals surface area contributed by atoms with E-state index in [2.05, 4.69) is 15.3 Å². The Balaban J connectivity index is 2.44. The second-order valence-electron chi connectivity index (χ2n) is 3.81. The summed E-state index contributed by atoms with van der Waals surface area (Å²) in [6.07, 6.45) is 4.98. The molecule has 0 bridgehead atoms. The summed E-state index contributed by atoms with van der Waals surface area (Å²) in [5.74, 6) is 0.124. The zero-order valence-electron chi connectivity index (χ0n) is 10.7. The van der Waals surface area contributed by atoms with Gasteiger partial charge in [-0.05, 0) is 20.8 Å². The van der Waals surface area contributed by atoms with E-state index in [-0.39, 0.29) is 11.9 Å². The number of nitrogens with zero attached hydrogens (tertiary/aromatic N) is 3. The van der Waals surface area contributed by atoms with E-state index in [1.807, 2.05) is 25.7 Å². The van der Waals surface area contributed by atoms with Crippen LogP contribution in [0.4, 0.5) is 0 Å². The molecule has 1 amide bonds. The van der Waals surface area contributed by atoms with Crippen molar-refractivity contribution in [3.05, 3.63) is 24.3 Å². The molecule has 94 valence electrons. The molecule has 1 atom stereocenters. The van der Waals surface area contributed by atoms with E-state index in [0.717, 1.165) is 18.8 Å². The van der Waals surface area contributed by atoms with Crippen molar-refractivity contribution in [2.24, 2.45) is 0 Å². The van der Waals surface area contributed by atoms with Gasteiger partial charge in [-0.1, -0.05) is 0 Å². The fourth-order valence-electron chi connectivity index (χ4n) is 1.58. The third-order valence-corrected chi connectivity index (χ3v) is 2.65. The highest BCUT2D eigenvalue weighted by molar-refractivity contribution is 5.81. The van der Waals surface area contributed by atoms with Crippen LogP contribution in [0.5, 0.6) is 0 Å². The minimum absolute atomic E-state index is 0.124.